The zero-order valence-electron chi connectivity index (χ0n) is 13.2. The molecule has 0 radical (unpaired) electrons. The number of carbonyl (C=O) groups excluding carboxylic acids is 1. The third-order valence-electron chi connectivity index (χ3n) is 4.61. The molecule has 3 aromatic rings. The van der Waals surface area contributed by atoms with Crippen molar-refractivity contribution >= 4 is 16.9 Å². The molecule has 1 fully saturated rings. The van der Waals surface area contributed by atoms with Gasteiger partial charge in [0.25, 0.3) is 5.91 Å². The summed E-state index contributed by atoms with van der Waals surface area (Å²) in [6, 6.07) is 11.6. The van der Waals surface area contributed by atoms with Gasteiger partial charge in [0.15, 0.2) is 0 Å². The van der Waals surface area contributed by atoms with E-state index in [1.165, 1.54) is 0 Å². The summed E-state index contributed by atoms with van der Waals surface area (Å²) in [7, 11) is 0. The second-order valence-corrected chi connectivity index (χ2v) is 6.14. The first-order chi connectivity index (χ1) is 11.7. The van der Waals surface area contributed by atoms with E-state index in [-0.39, 0.29) is 0 Å². The molecule has 1 aliphatic heterocycles. The van der Waals surface area contributed by atoms with Crippen molar-refractivity contribution < 1.29 is 4.79 Å². The summed E-state index contributed by atoms with van der Waals surface area (Å²) in [4.78, 5) is 16.7. The quantitative estimate of drug-likeness (QED) is 0.689. The molecule has 1 amide bonds. The highest BCUT2D eigenvalue weighted by Gasteiger charge is 2.24. The van der Waals surface area contributed by atoms with E-state index in [9.17, 15) is 4.79 Å². The molecule has 4 rings (SSSR count). The predicted molar refractivity (Wildman–Crippen MR) is 92.7 cm³/mol. The van der Waals surface area contributed by atoms with Crippen LogP contribution in [0.25, 0.3) is 22.3 Å². The third-order valence-corrected chi connectivity index (χ3v) is 4.61. The van der Waals surface area contributed by atoms with Crippen LogP contribution in [0.15, 0.2) is 36.4 Å². The average Bonchev–Trinajstić information content (AvgIpc) is 3.06. The first-order valence-corrected chi connectivity index (χ1v) is 8.19. The molecule has 0 unspecified atom stereocenters. The number of amides is 1. The highest BCUT2D eigenvalue weighted by atomic mass is 16.1. The Morgan fingerprint density at radius 3 is 2.62 bits per heavy atom. The molecule has 0 bridgehead atoms. The minimum Gasteiger partial charge on any atom is -0.366 e. The fourth-order valence-electron chi connectivity index (χ4n) is 3.34. The minimum absolute atomic E-state index is 0.347. The molecule has 0 atom stereocenters. The van der Waals surface area contributed by atoms with Gasteiger partial charge in [-0.1, -0.05) is 30.3 Å². The monoisotopic (exact) mass is 321 g/mol. The van der Waals surface area contributed by atoms with Crippen molar-refractivity contribution in [3.63, 3.8) is 0 Å². The molecule has 1 saturated heterocycles. The summed E-state index contributed by atoms with van der Waals surface area (Å²) in [5, 5.41) is 10.8. The zero-order valence-corrected chi connectivity index (χ0v) is 13.2. The molecule has 24 heavy (non-hydrogen) atoms. The normalized spacial score (nSPS) is 15.7. The van der Waals surface area contributed by atoms with Crippen LogP contribution in [0.3, 0.4) is 0 Å². The number of pyridine rings is 1. The number of benzene rings is 1. The Morgan fingerprint density at radius 2 is 1.92 bits per heavy atom. The Labute approximate surface area is 139 Å². The molecule has 2 aromatic heterocycles. The van der Waals surface area contributed by atoms with Gasteiger partial charge in [0.1, 0.15) is 5.52 Å². The van der Waals surface area contributed by atoms with Crippen molar-refractivity contribution in [2.75, 3.05) is 13.1 Å². The van der Waals surface area contributed by atoms with Crippen molar-refractivity contribution in [3.05, 3.63) is 47.7 Å². The van der Waals surface area contributed by atoms with Gasteiger partial charge in [-0.25, -0.2) is 4.98 Å². The Morgan fingerprint density at radius 1 is 1.17 bits per heavy atom. The van der Waals surface area contributed by atoms with Gasteiger partial charge >= 0.3 is 0 Å². The van der Waals surface area contributed by atoms with E-state index < -0.39 is 5.91 Å². The molecule has 1 aliphatic rings. The molecule has 6 heteroatoms. The Kier molecular flexibility index (Phi) is 3.74. The first-order valence-electron chi connectivity index (χ1n) is 8.19. The summed E-state index contributed by atoms with van der Waals surface area (Å²) in [6.45, 7) is 1.94. The Hall–Kier alpha value is -2.73. The number of aromatic nitrogens is 3. The SMILES string of the molecule is NC(=O)c1cc(-c2ccccc2)nc2c(C3CCNCC3)n[nH]c12. The second-order valence-electron chi connectivity index (χ2n) is 6.14. The van der Waals surface area contributed by atoms with Gasteiger partial charge in [0, 0.05) is 11.5 Å². The van der Waals surface area contributed by atoms with E-state index in [0.717, 1.165) is 48.4 Å². The molecule has 1 aromatic carbocycles. The van der Waals surface area contributed by atoms with Gasteiger partial charge in [-0.2, -0.15) is 5.10 Å². The van der Waals surface area contributed by atoms with Crippen LogP contribution >= 0.6 is 0 Å². The van der Waals surface area contributed by atoms with E-state index in [1.807, 2.05) is 30.3 Å². The lowest BCUT2D eigenvalue weighted by Crippen LogP contribution is -2.26. The topological polar surface area (TPSA) is 96.7 Å². The van der Waals surface area contributed by atoms with E-state index in [4.69, 9.17) is 10.7 Å². The first kappa shape index (κ1) is 14.8. The van der Waals surface area contributed by atoms with Crippen LogP contribution in [0.1, 0.15) is 34.8 Å². The maximum atomic E-state index is 11.9. The summed E-state index contributed by atoms with van der Waals surface area (Å²) in [5.41, 5.74) is 10.1. The lowest BCUT2D eigenvalue weighted by molar-refractivity contribution is 0.100. The van der Waals surface area contributed by atoms with Gasteiger partial charge < -0.3 is 11.1 Å². The fourth-order valence-corrected chi connectivity index (χ4v) is 3.34. The average molecular weight is 321 g/mol. The third kappa shape index (κ3) is 2.55. The summed E-state index contributed by atoms with van der Waals surface area (Å²) < 4.78 is 0. The van der Waals surface area contributed by atoms with Gasteiger partial charge in [-0.3, -0.25) is 9.89 Å². The van der Waals surface area contributed by atoms with Crippen LogP contribution in [0.2, 0.25) is 0 Å². The molecule has 0 spiro atoms. The molecular weight excluding hydrogens is 302 g/mol. The van der Waals surface area contributed by atoms with Crippen LogP contribution in [-0.2, 0) is 0 Å². The van der Waals surface area contributed by atoms with Crippen molar-refractivity contribution in [1.82, 2.24) is 20.5 Å². The van der Waals surface area contributed by atoms with Gasteiger partial charge in [0.2, 0.25) is 0 Å². The molecule has 3 heterocycles. The highest BCUT2D eigenvalue weighted by molar-refractivity contribution is 6.05. The molecule has 0 aliphatic carbocycles. The van der Waals surface area contributed by atoms with Crippen LogP contribution < -0.4 is 11.1 Å². The van der Waals surface area contributed by atoms with E-state index in [2.05, 4.69) is 15.5 Å². The van der Waals surface area contributed by atoms with Crippen LogP contribution in [-0.4, -0.2) is 34.2 Å². The van der Waals surface area contributed by atoms with Crippen LogP contribution in [0, 0.1) is 0 Å². The largest absolute Gasteiger partial charge is 0.366 e. The zero-order chi connectivity index (χ0) is 16.5. The Balaban J connectivity index is 1.91. The van der Waals surface area contributed by atoms with Crippen molar-refractivity contribution in [2.24, 2.45) is 5.73 Å². The van der Waals surface area contributed by atoms with E-state index in [1.54, 1.807) is 6.07 Å². The lowest BCUT2D eigenvalue weighted by Gasteiger charge is -2.20. The van der Waals surface area contributed by atoms with E-state index >= 15 is 0 Å². The van der Waals surface area contributed by atoms with Gasteiger partial charge in [0.05, 0.1) is 22.5 Å². The summed E-state index contributed by atoms with van der Waals surface area (Å²) >= 11 is 0. The molecule has 0 saturated carbocycles. The maximum Gasteiger partial charge on any atom is 0.251 e. The summed E-state index contributed by atoms with van der Waals surface area (Å²) in [5.74, 6) is -0.126. The molecule has 6 nitrogen and oxygen atoms in total. The fraction of sp³-hybridized carbons (Fsp3) is 0.278. The number of H-pyrrole nitrogens is 1. The van der Waals surface area contributed by atoms with E-state index in [0.29, 0.717) is 17.0 Å². The highest BCUT2D eigenvalue weighted by Crippen LogP contribution is 2.31. The van der Waals surface area contributed by atoms with Crippen LogP contribution in [0.4, 0.5) is 0 Å². The summed E-state index contributed by atoms with van der Waals surface area (Å²) in [6.07, 6.45) is 2.03. The van der Waals surface area contributed by atoms with Gasteiger partial charge in [-0.05, 0) is 32.0 Å². The number of nitrogens with one attached hydrogen (secondary N) is 2. The van der Waals surface area contributed by atoms with Gasteiger partial charge in [-0.15, -0.1) is 0 Å². The number of hydrogen-bond donors (Lipinski definition) is 3. The second kappa shape index (κ2) is 6.05. The number of rotatable bonds is 3. The molecule has 4 N–H and O–H groups in total. The smallest absolute Gasteiger partial charge is 0.251 e. The molecular formula is C18H19N5O. The predicted octanol–water partition coefficient (Wildman–Crippen LogP) is 2.19. The standard InChI is InChI=1S/C18H19N5O/c19-18(24)13-10-14(11-4-2-1-3-5-11)21-17-15(22-23-16(13)17)12-6-8-20-9-7-12/h1-5,10,12,20H,6-9H2,(H2,19,24)(H,22,23). The number of fused-ring (bicyclic) bond motifs is 1. The number of primary amides is 1. The van der Waals surface area contributed by atoms with Crippen molar-refractivity contribution in [3.8, 4) is 11.3 Å². The number of piperidine rings is 1. The number of hydrogen-bond acceptors (Lipinski definition) is 4. The Bertz CT molecular complexity index is 881. The maximum absolute atomic E-state index is 11.9. The number of carbonyl (C=O) groups is 1. The molecule has 122 valence electrons. The van der Waals surface area contributed by atoms with Crippen molar-refractivity contribution in [1.29, 1.82) is 0 Å². The lowest BCUT2D eigenvalue weighted by atomic mass is 9.93. The number of nitrogens with two attached hydrogens (primary N) is 1. The number of aromatic amines is 1. The van der Waals surface area contributed by atoms with Crippen molar-refractivity contribution in [2.45, 2.75) is 18.8 Å². The van der Waals surface area contributed by atoms with Crippen LogP contribution in [0.5, 0.6) is 0 Å². The minimum atomic E-state index is -0.472. The number of nitrogens with zero attached hydrogens (tertiary/aromatic N) is 2.